The van der Waals surface area contributed by atoms with E-state index in [9.17, 15) is 0 Å². The molecule has 12 heavy (non-hydrogen) atoms. The second-order valence-electron chi connectivity index (χ2n) is 3.11. The lowest BCUT2D eigenvalue weighted by atomic mass is 10.2. The lowest BCUT2D eigenvalue weighted by Gasteiger charge is -2.05. The molecule has 0 atom stereocenters. The van der Waals surface area contributed by atoms with Crippen molar-refractivity contribution in [1.82, 2.24) is 14.4 Å². The molecule has 0 N–H and O–H groups in total. The van der Waals surface area contributed by atoms with Crippen LogP contribution in [-0.4, -0.2) is 14.4 Å². The molecule has 0 aliphatic heterocycles. The minimum Gasteiger partial charge on any atom is -0.288 e. The van der Waals surface area contributed by atoms with E-state index >= 15 is 0 Å². The first-order chi connectivity index (χ1) is 5.79. The molecule has 2 aromatic rings. The molecule has 2 heterocycles. The van der Waals surface area contributed by atoms with Crippen LogP contribution in [0.1, 0.15) is 25.6 Å². The number of hydrogen-bond acceptors (Lipinski definition) is 2. The third-order valence-electron chi connectivity index (χ3n) is 1.86. The van der Waals surface area contributed by atoms with Crippen molar-refractivity contribution in [2.75, 3.05) is 0 Å². The van der Waals surface area contributed by atoms with E-state index in [0.717, 1.165) is 11.5 Å². The maximum atomic E-state index is 4.30. The molecule has 0 aliphatic carbocycles. The van der Waals surface area contributed by atoms with Gasteiger partial charge in [0.2, 0.25) is 0 Å². The highest BCUT2D eigenvalue weighted by Crippen LogP contribution is 2.12. The molecule has 0 unspecified atom stereocenters. The molecule has 3 heteroatoms. The zero-order chi connectivity index (χ0) is 8.55. The van der Waals surface area contributed by atoms with Crippen molar-refractivity contribution >= 4 is 5.65 Å². The Morgan fingerprint density at radius 1 is 1.25 bits per heavy atom. The fourth-order valence-electron chi connectivity index (χ4n) is 1.30. The minimum absolute atomic E-state index is 0.433. The Morgan fingerprint density at radius 2 is 2.08 bits per heavy atom. The van der Waals surface area contributed by atoms with Gasteiger partial charge in [-0.15, -0.1) is 0 Å². The molecule has 0 saturated heterocycles. The quantitative estimate of drug-likeness (QED) is 0.639. The molecule has 0 fully saturated rings. The molecule has 0 saturated carbocycles. The summed E-state index contributed by atoms with van der Waals surface area (Å²) in [6.07, 6.45) is 5.54. The normalized spacial score (nSPS) is 11.2. The lowest BCUT2D eigenvalue weighted by molar-refractivity contribution is 0.753. The zero-order valence-corrected chi connectivity index (χ0v) is 7.23. The Balaban J connectivity index is 2.73. The molecule has 0 aliphatic rings. The Hall–Kier alpha value is -1.38. The minimum atomic E-state index is 0.433. The first kappa shape index (κ1) is 7.28. The largest absolute Gasteiger partial charge is 0.288 e. The molecule has 0 aromatic carbocycles. The van der Waals surface area contributed by atoms with Crippen LogP contribution in [0.3, 0.4) is 0 Å². The van der Waals surface area contributed by atoms with E-state index < -0.39 is 0 Å². The fraction of sp³-hybridized carbons (Fsp3) is 0.333. The van der Waals surface area contributed by atoms with Crippen LogP contribution in [0.25, 0.3) is 5.65 Å². The molecule has 0 amide bonds. The van der Waals surface area contributed by atoms with Gasteiger partial charge in [0.15, 0.2) is 0 Å². The predicted octanol–water partition coefficient (Wildman–Crippen LogP) is 1.85. The van der Waals surface area contributed by atoms with Crippen LogP contribution in [0, 0.1) is 0 Å². The van der Waals surface area contributed by atoms with E-state index in [2.05, 4.69) is 23.8 Å². The zero-order valence-electron chi connectivity index (χ0n) is 7.23. The highest BCUT2D eigenvalue weighted by atomic mass is 15.1. The molecular weight excluding hydrogens is 150 g/mol. The monoisotopic (exact) mass is 161 g/mol. The standard InChI is InChI=1S/C9H11N3/c1-7(2)9-11-4-3-8-10-5-6-12(8)9/h3-7H,1-2H3. The summed E-state index contributed by atoms with van der Waals surface area (Å²) in [5, 5.41) is 0. The average molecular weight is 161 g/mol. The van der Waals surface area contributed by atoms with E-state index in [1.807, 2.05) is 16.7 Å². The van der Waals surface area contributed by atoms with Gasteiger partial charge in [0.1, 0.15) is 11.5 Å². The molecule has 3 nitrogen and oxygen atoms in total. The summed E-state index contributed by atoms with van der Waals surface area (Å²) in [6.45, 7) is 4.25. The first-order valence-electron chi connectivity index (χ1n) is 4.07. The highest BCUT2D eigenvalue weighted by Gasteiger charge is 2.04. The maximum absolute atomic E-state index is 4.30. The van der Waals surface area contributed by atoms with Crippen molar-refractivity contribution in [3.63, 3.8) is 0 Å². The van der Waals surface area contributed by atoms with E-state index in [4.69, 9.17) is 0 Å². The van der Waals surface area contributed by atoms with Gasteiger partial charge in [0.25, 0.3) is 0 Å². The van der Waals surface area contributed by atoms with Crippen molar-refractivity contribution in [2.24, 2.45) is 0 Å². The predicted molar refractivity (Wildman–Crippen MR) is 47.1 cm³/mol. The van der Waals surface area contributed by atoms with Crippen molar-refractivity contribution in [1.29, 1.82) is 0 Å². The number of hydrogen-bond donors (Lipinski definition) is 0. The summed E-state index contributed by atoms with van der Waals surface area (Å²) >= 11 is 0. The summed E-state index contributed by atoms with van der Waals surface area (Å²) in [5.41, 5.74) is 0.966. The molecule has 0 spiro atoms. The van der Waals surface area contributed by atoms with Crippen LogP contribution in [0.5, 0.6) is 0 Å². The van der Waals surface area contributed by atoms with Crippen LogP contribution in [-0.2, 0) is 0 Å². The fourth-order valence-corrected chi connectivity index (χ4v) is 1.30. The van der Waals surface area contributed by atoms with Gasteiger partial charge in [-0.3, -0.25) is 4.40 Å². The summed E-state index contributed by atoms with van der Waals surface area (Å²) in [6, 6.07) is 1.91. The summed E-state index contributed by atoms with van der Waals surface area (Å²) in [5.74, 6) is 1.49. The number of fused-ring (bicyclic) bond motifs is 1. The third kappa shape index (κ3) is 0.978. The van der Waals surface area contributed by atoms with Gasteiger partial charge in [0.05, 0.1) is 0 Å². The number of aromatic nitrogens is 3. The van der Waals surface area contributed by atoms with Crippen LogP contribution in [0.2, 0.25) is 0 Å². The third-order valence-corrected chi connectivity index (χ3v) is 1.86. The van der Waals surface area contributed by atoms with Crippen LogP contribution in [0.15, 0.2) is 24.7 Å². The second kappa shape index (κ2) is 2.59. The summed E-state index contributed by atoms with van der Waals surface area (Å²) in [4.78, 5) is 8.49. The van der Waals surface area contributed by atoms with E-state index in [-0.39, 0.29) is 0 Å². The van der Waals surface area contributed by atoms with Gasteiger partial charge in [-0.2, -0.15) is 0 Å². The highest BCUT2D eigenvalue weighted by molar-refractivity contribution is 5.37. The smallest absolute Gasteiger partial charge is 0.139 e. The average Bonchev–Trinajstić information content (AvgIpc) is 2.49. The topological polar surface area (TPSA) is 30.2 Å². The Labute approximate surface area is 71.1 Å². The van der Waals surface area contributed by atoms with Gasteiger partial charge in [-0.25, -0.2) is 9.97 Å². The Morgan fingerprint density at radius 3 is 2.83 bits per heavy atom. The van der Waals surface area contributed by atoms with Crippen molar-refractivity contribution in [3.8, 4) is 0 Å². The maximum Gasteiger partial charge on any atom is 0.139 e. The summed E-state index contributed by atoms with van der Waals surface area (Å²) in [7, 11) is 0. The van der Waals surface area contributed by atoms with Crippen molar-refractivity contribution in [2.45, 2.75) is 19.8 Å². The van der Waals surface area contributed by atoms with Gasteiger partial charge >= 0.3 is 0 Å². The second-order valence-corrected chi connectivity index (χ2v) is 3.11. The van der Waals surface area contributed by atoms with Gasteiger partial charge < -0.3 is 0 Å². The molecule has 0 bridgehead atoms. The van der Waals surface area contributed by atoms with Gasteiger partial charge in [-0.05, 0) is 6.07 Å². The Bertz CT molecular complexity index is 389. The van der Waals surface area contributed by atoms with Gasteiger partial charge in [-0.1, -0.05) is 13.8 Å². The van der Waals surface area contributed by atoms with Crippen molar-refractivity contribution < 1.29 is 0 Å². The van der Waals surface area contributed by atoms with Crippen molar-refractivity contribution in [3.05, 3.63) is 30.5 Å². The molecule has 62 valence electrons. The van der Waals surface area contributed by atoms with Crippen LogP contribution < -0.4 is 0 Å². The van der Waals surface area contributed by atoms with E-state index in [1.54, 1.807) is 12.4 Å². The summed E-state index contributed by atoms with van der Waals surface area (Å²) < 4.78 is 2.02. The first-order valence-corrected chi connectivity index (χ1v) is 4.07. The van der Waals surface area contributed by atoms with Gasteiger partial charge in [0, 0.05) is 24.5 Å². The SMILES string of the molecule is CC(C)c1nccc2nccn12. The molecule has 2 aromatic heterocycles. The molecular formula is C9H11N3. The van der Waals surface area contributed by atoms with E-state index in [0.29, 0.717) is 5.92 Å². The number of rotatable bonds is 1. The molecule has 0 radical (unpaired) electrons. The Kier molecular flexibility index (Phi) is 1.57. The lowest BCUT2D eigenvalue weighted by Crippen LogP contribution is -2.00. The van der Waals surface area contributed by atoms with E-state index in [1.165, 1.54) is 0 Å². The van der Waals surface area contributed by atoms with Crippen LogP contribution in [0.4, 0.5) is 0 Å². The molecule has 2 rings (SSSR count). The van der Waals surface area contributed by atoms with Crippen LogP contribution >= 0.6 is 0 Å². The number of nitrogens with zero attached hydrogens (tertiary/aromatic N) is 3. The number of imidazole rings is 1.